The lowest BCUT2D eigenvalue weighted by molar-refractivity contribution is -0.146. The van der Waals surface area contributed by atoms with E-state index in [1.807, 2.05) is 18.4 Å². The van der Waals surface area contributed by atoms with Crippen LogP contribution in [0.3, 0.4) is 0 Å². The Morgan fingerprint density at radius 1 is 1.44 bits per heavy atom. The van der Waals surface area contributed by atoms with E-state index in [1.165, 1.54) is 0 Å². The normalized spacial score (nSPS) is 14.4. The monoisotopic (exact) mass is 254 g/mol. The number of nitrogens with zero attached hydrogens (tertiary/aromatic N) is 2. The molecule has 0 fully saturated rings. The van der Waals surface area contributed by atoms with E-state index in [4.69, 9.17) is 0 Å². The number of aliphatic hydroxyl groups is 1. The van der Waals surface area contributed by atoms with Gasteiger partial charge in [-0.05, 0) is 12.8 Å². The van der Waals surface area contributed by atoms with E-state index in [-0.39, 0.29) is 0 Å². The van der Waals surface area contributed by atoms with E-state index in [0.717, 1.165) is 25.8 Å². The van der Waals surface area contributed by atoms with Crippen LogP contribution in [0.1, 0.15) is 51.3 Å². The third-order valence-corrected chi connectivity index (χ3v) is 3.08. The van der Waals surface area contributed by atoms with Gasteiger partial charge in [0, 0.05) is 6.54 Å². The van der Waals surface area contributed by atoms with Crippen molar-refractivity contribution in [1.82, 2.24) is 9.55 Å². The molecule has 18 heavy (non-hydrogen) atoms. The topological polar surface area (TPSA) is 75.3 Å². The second-order valence-corrected chi connectivity index (χ2v) is 4.54. The number of carboxylic acid groups (broad SMARTS) is 1. The van der Waals surface area contributed by atoms with Gasteiger partial charge in [-0.2, -0.15) is 0 Å². The van der Waals surface area contributed by atoms with Gasteiger partial charge in [-0.3, -0.25) is 4.79 Å². The molecule has 0 aliphatic carbocycles. The fraction of sp³-hybridized carbons (Fsp3) is 0.692. The number of rotatable bonds is 8. The van der Waals surface area contributed by atoms with E-state index >= 15 is 0 Å². The molecule has 1 rings (SSSR count). The minimum absolute atomic E-state index is 0.490. The minimum atomic E-state index is -0.983. The van der Waals surface area contributed by atoms with Crippen molar-refractivity contribution in [2.24, 2.45) is 5.92 Å². The zero-order valence-electron chi connectivity index (χ0n) is 11.0. The summed E-state index contributed by atoms with van der Waals surface area (Å²) in [6.07, 6.45) is 5.35. The number of aliphatic carboxylic acids is 1. The third kappa shape index (κ3) is 3.57. The zero-order chi connectivity index (χ0) is 13.5. The Kier molecular flexibility index (Phi) is 5.85. The molecule has 0 bridgehead atoms. The molecule has 0 aromatic carbocycles. The number of aryl methyl sites for hydroxylation is 1. The molecule has 102 valence electrons. The fourth-order valence-electron chi connectivity index (χ4n) is 2.05. The molecule has 2 N–H and O–H groups in total. The number of unbranched alkanes of at least 4 members (excludes halogenated alkanes) is 1. The summed E-state index contributed by atoms with van der Waals surface area (Å²) in [7, 11) is 0. The third-order valence-electron chi connectivity index (χ3n) is 3.08. The summed E-state index contributed by atoms with van der Waals surface area (Å²) in [5, 5.41) is 19.4. The van der Waals surface area contributed by atoms with Crippen molar-refractivity contribution in [2.75, 3.05) is 0 Å². The Labute approximate surface area is 107 Å². The molecule has 0 aliphatic heterocycles. The molecule has 2 unspecified atom stereocenters. The Balaban J connectivity index is 2.83. The van der Waals surface area contributed by atoms with E-state index in [9.17, 15) is 15.0 Å². The number of carboxylic acids is 1. The molecule has 0 amide bonds. The largest absolute Gasteiger partial charge is 0.481 e. The first-order valence-electron chi connectivity index (χ1n) is 6.52. The van der Waals surface area contributed by atoms with Crippen LogP contribution in [0.4, 0.5) is 0 Å². The summed E-state index contributed by atoms with van der Waals surface area (Å²) < 4.78 is 1.83. The summed E-state index contributed by atoms with van der Waals surface area (Å²) in [4.78, 5) is 15.2. The lowest BCUT2D eigenvalue weighted by Gasteiger charge is -2.20. The van der Waals surface area contributed by atoms with Gasteiger partial charge in [0.25, 0.3) is 0 Å². The molecular formula is C13H22N2O3. The van der Waals surface area contributed by atoms with Crippen LogP contribution in [0, 0.1) is 5.92 Å². The van der Waals surface area contributed by atoms with E-state index < -0.39 is 18.0 Å². The highest BCUT2D eigenvalue weighted by Gasteiger charge is 2.29. The predicted octanol–water partition coefficient (Wildman–Crippen LogP) is 2.22. The zero-order valence-corrected chi connectivity index (χ0v) is 11.0. The van der Waals surface area contributed by atoms with E-state index in [0.29, 0.717) is 12.1 Å². The summed E-state index contributed by atoms with van der Waals surface area (Å²) in [6.45, 7) is 4.78. The maximum Gasteiger partial charge on any atom is 0.309 e. The van der Waals surface area contributed by atoms with Crippen molar-refractivity contribution >= 4 is 5.97 Å². The Morgan fingerprint density at radius 3 is 2.72 bits per heavy atom. The van der Waals surface area contributed by atoms with Crippen molar-refractivity contribution in [1.29, 1.82) is 0 Å². The van der Waals surface area contributed by atoms with Gasteiger partial charge >= 0.3 is 5.97 Å². The van der Waals surface area contributed by atoms with Gasteiger partial charge in [0.2, 0.25) is 0 Å². The first-order valence-corrected chi connectivity index (χ1v) is 6.52. The van der Waals surface area contributed by atoms with Crippen LogP contribution in [0.2, 0.25) is 0 Å². The Morgan fingerprint density at radius 2 is 2.17 bits per heavy atom. The summed E-state index contributed by atoms with van der Waals surface area (Å²) in [5.41, 5.74) is 0.598. The van der Waals surface area contributed by atoms with Crippen molar-refractivity contribution in [2.45, 2.75) is 52.2 Å². The first kappa shape index (κ1) is 14.7. The second kappa shape index (κ2) is 7.16. The van der Waals surface area contributed by atoms with Crippen LogP contribution < -0.4 is 0 Å². The molecular weight excluding hydrogens is 232 g/mol. The highest BCUT2D eigenvalue weighted by Crippen LogP contribution is 2.26. The minimum Gasteiger partial charge on any atom is -0.481 e. The number of imidazole rings is 1. The molecule has 0 radical (unpaired) electrons. The molecule has 1 aromatic heterocycles. The number of carbonyl (C=O) groups is 1. The number of aromatic nitrogens is 2. The average molecular weight is 254 g/mol. The van der Waals surface area contributed by atoms with Gasteiger partial charge in [-0.25, -0.2) is 4.98 Å². The molecule has 5 heteroatoms. The van der Waals surface area contributed by atoms with Crippen molar-refractivity contribution in [3.63, 3.8) is 0 Å². The van der Waals surface area contributed by atoms with Crippen LogP contribution in [0.5, 0.6) is 0 Å². The Hall–Kier alpha value is -1.36. The number of aliphatic hydroxyl groups excluding tert-OH is 1. The van der Waals surface area contributed by atoms with E-state index in [2.05, 4.69) is 4.98 Å². The average Bonchev–Trinajstić information content (AvgIpc) is 2.77. The molecule has 1 aromatic rings. The molecule has 2 atom stereocenters. The molecule has 5 nitrogen and oxygen atoms in total. The van der Waals surface area contributed by atoms with Crippen LogP contribution in [-0.4, -0.2) is 25.7 Å². The maximum atomic E-state index is 11.2. The molecule has 0 saturated carbocycles. The Bertz CT molecular complexity index is 376. The SMILES string of the molecule is CCCCC(C(=O)O)C(O)c1cncn1CCC. The highest BCUT2D eigenvalue weighted by molar-refractivity contribution is 5.70. The number of hydrogen-bond acceptors (Lipinski definition) is 3. The predicted molar refractivity (Wildman–Crippen MR) is 68.1 cm³/mol. The van der Waals surface area contributed by atoms with Crippen LogP contribution >= 0.6 is 0 Å². The molecule has 0 aliphatic rings. The number of hydrogen-bond donors (Lipinski definition) is 2. The summed E-state index contributed by atoms with van der Waals surface area (Å²) in [6, 6.07) is 0. The van der Waals surface area contributed by atoms with E-state index in [1.54, 1.807) is 12.5 Å². The molecule has 0 saturated heterocycles. The van der Waals surface area contributed by atoms with Crippen molar-refractivity contribution in [3.8, 4) is 0 Å². The lowest BCUT2D eigenvalue weighted by Crippen LogP contribution is -2.24. The molecule has 0 spiro atoms. The smallest absolute Gasteiger partial charge is 0.309 e. The maximum absolute atomic E-state index is 11.2. The van der Waals surface area contributed by atoms with Crippen molar-refractivity contribution < 1.29 is 15.0 Å². The summed E-state index contributed by atoms with van der Waals surface area (Å²) in [5.74, 6) is -1.70. The van der Waals surface area contributed by atoms with Gasteiger partial charge < -0.3 is 14.8 Å². The van der Waals surface area contributed by atoms with Gasteiger partial charge in [0.05, 0.1) is 24.1 Å². The fourth-order valence-corrected chi connectivity index (χ4v) is 2.05. The second-order valence-electron chi connectivity index (χ2n) is 4.54. The van der Waals surface area contributed by atoms with Gasteiger partial charge in [-0.15, -0.1) is 0 Å². The summed E-state index contributed by atoms with van der Waals surface area (Å²) >= 11 is 0. The van der Waals surface area contributed by atoms with Gasteiger partial charge in [0.1, 0.15) is 6.10 Å². The van der Waals surface area contributed by atoms with Gasteiger partial charge in [-0.1, -0.05) is 26.7 Å². The lowest BCUT2D eigenvalue weighted by atomic mass is 9.94. The first-order chi connectivity index (χ1) is 8.61. The van der Waals surface area contributed by atoms with Crippen LogP contribution in [-0.2, 0) is 11.3 Å². The van der Waals surface area contributed by atoms with Crippen molar-refractivity contribution in [3.05, 3.63) is 18.2 Å². The van der Waals surface area contributed by atoms with Crippen LogP contribution in [0.25, 0.3) is 0 Å². The quantitative estimate of drug-likeness (QED) is 0.746. The highest BCUT2D eigenvalue weighted by atomic mass is 16.4. The standard InChI is InChI=1S/C13H22N2O3/c1-3-5-6-10(13(17)18)12(16)11-8-14-9-15(11)7-4-2/h8-10,12,16H,3-7H2,1-2H3,(H,17,18). The van der Waals surface area contributed by atoms with Crippen LogP contribution in [0.15, 0.2) is 12.5 Å². The van der Waals surface area contributed by atoms with Gasteiger partial charge in [0.15, 0.2) is 0 Å². The molecule has 1 heterocycles.